The van der Waals surface area contributed by atoms with Crippen LogP contribution < -0.4 is 4.74 Å². The molecule has 1 rings (SSSR count). The molecule has 2 heteroatoms. The van der Waals surface area contributed by atoms with E-state index in [1.807, 2.05) is 13.8 Å². The minimum absolute atomic E-state index is 0.209. The molecule has 1 unspecified atom stereocenters. The number of benzene rings is 1. The van der Waals surface area contributed by atoms with Gasteiger partial charge in [0, 0.05) is 5.56 Å². The molecule has 180 valence electrons. The van der Waals surface area contributed by atoms with Crippen molar-refractivity contribution in [2.24, 2.45) is 17.8 Å². The van der Waals surface area contributed by atoms with Crippen LogP contribution in [0.4, 0.5) is 0 Å². The van der Waals surface area contributed by atoms with Gasteiger partial charge in [0.2, 0.25) is 0 Å². The van der Waals surface area contributed by atoms with Crippen molar-refractivity contribution in [2.75, 3.05) is 0 Å². The molecule has 0 bridgehead atoms. The van der Waals surface area contributed by atoms with Crippen LogP contribution >= 0.6 is 0 Å². The van der Waals surface area contributed by atoms with E-state index in [9.17, 15) is 5.11 Å². The molecule has 0 aliphatic heterocycles. The lowest BCUT2D eigenvalue weighted by Crippen LogP contribution is -2.15. The van der Waals surface area contributed by atoms with Crippen LogP contribution in [0.3, 0.4) is 0 Å². The molecule has 0 aromatic heterocycles. The Kier molecular flexibility index (Phi) is 12.6. The molecule has 0 heterocycles. The molecule has 1 aromatic rings. The second-order valence-electron chi connectivity index (χ2n) is 10.7. The molecular formula is C29H52O2. The maximum Gasteiger partial charge on any atom is 0.126 e. The van der Waals surface area contributed by atoms with E-state index in [0.29, 0.717) is 5.75 Å². The highest BCUT2D eigenvalue weighted by molar-refractivity contribution is 5.57. The third-order valence-corrected chi connectivity index (χ3v) is 7.19. The maximum absolute atomic E-state index is 10.4. The summed E-state index contributed by atoms with van der Waals surface area (Å²) in [5.74, 6) is 3.96. The van der Waals surface area contributed by atoms with Crippen LogP contribution in [0.2, 0.25) is 0 Å². The van der Waals surface area contributed by atoms with Gasteiger partial charge in [-0.3, -0.25) is 0 Å². The number of hydrogen-bond donors (Lipinski definition) is 1. The van der Waals surface area contributed by atoms with Gasteiger partial charge in [-0.1, -0.05) is 79.6 Å². The number of ether oxygens (including phenoxy) is 1. The van der Waals surface area contributed by atoms with Crippen molar-refractivity contribution in [3.05, 3.63) is 22.3 Å². The highest BCUT2D eigenvalue weighted by atomic mass is 16.5. The summed E-state index contributed by atoms with van der Waals surface area (Å²) in [7, 11) is 0. The highest BCUT2D eigenvalue weighted by Gasteiger charge is 2.19. The van der Waals surface area contributed by atoms with Crippen LogP contribution in [0.1, 0.15) is 122 Å². The average molecular weight is 433 g/mol. The smallest absolute Gasteiger partial charge is 0.126 e. The molecule has 0 radical (unpaired) electrons. The summed E-state index contributed by atoms with van der Waals surface area (Å²) in [5.41, 5.74) is 4.16. The van der Waals surface area contributed by atoms with Gasteiger partial charge in [0.15, 0.2) is 0 Å². The first-order chi connectivity index (χ1) is 14.6. The Bertz CT molecular complexity index is 647. The summed E-state index contributed by atoms with van der Waals surface area (Å²) in [6, 6.07) is 0. The molecule has 0 aliphatic carbocycles. The predicted molar refractivity (Wildman–Crippen MR) is 137 cm³/mol. The lowest BCUT2D eigenvalue weighted by Gasteiger charge is -2.23. The van der Waals surface area contributed by atoms with E-state index in [4.69, 9.17) is 4.74 Å². The van der Waals surface area contributed by atoms with Crippen LogP contribution in [0, 0.1) is 38.5 Å². The van der Waals surface area contributed by atoms with Crippen molar-refractivity contribution in [3.8, 4) is 11.5 Å². The zero-order chi connectivity index (χ0) is 23.6. The van der Waals surface area contributed by atoms with Gasteiger partial charge in [0.1, 0.15) is 11.5 Å². The molecule has 2 nitrogen and oxygen atoms in total. The molecule has 0 saturated heterocycles. The molecule has 0 saturated carbocycles. The number of phenols is 1. The van der Waals surface area contributed by atoms with E-state index in [2.05, 4.69) is 48.5 Å². The van der Waals surface area contributed by atoms with Gasteiger partial charge in [-0.05, 0) is 81.4 Å². The summed E-state index contributed by atoms with van der Waals surface area (Å²) >= 11 is 0. The van der Waals surface area contributed by atoms with Gasteiger partial charge in [-0.2, -0.15) is 0 Å². The van der Waals surface area contributed by atoms with Crippen molar-refractivity contribution in [1.29, 1.82) is 0 Å². The summed E-state index contributed by atoms with van der Waals surface area (Å²) in [6.07, 6.45) is 13.0. The van der Waals surface area contributed by atoms with Crippen molar-refractivity contribution in [2.45, 2.75) is 133 Å². The van der Waals surface area contributed by atoms with E-state index in [0.717, 1.165) is 58.6 Å². The van der Waals surface area contributed by atoms with Gasteiger partial charge >= 0.3 is 0 Å². The van der Waals surface area contributed by atoms with E-state index in [-0.39, 0.29) is 6.10 Å². The average Bonchev–Trinajstić information content (AvgIpc) is 2.70. The second kappa shape index (κ2) is 14.1. The number of phenolic OH excluding ortho intramolecular Hbond substituents is 1. The zero-order valence-electron chi connectivity index (χ0n) is 22.2. The van der Waals surface area contributed by atoms with E-state index < -0.39 is 0 Å². The third kappa shape index (κ3) is 9.46. The summed E-state index contributed by atoms with van der Waals surface area (Å²) in [6.45, 7) is 19.9. The lowest BCUT2D eigenvalue weighted by molar-refractivity contribution is 0.199. The molecule has 0 spiro atoms. The minimum Gasteiger partial charge on any atom is -0.507 e. The molecular weight excluding hydrogens is 380 g/mol. The Labute approximate surface area is 194 Å². The van der Waals surface area contributed by atoms with Gasteiger partial charge in [0.05, 0.1) is 6.10 Å². The molecule has 3 atom stereocenters. The fraction of sp³-hybridized carbons (Fsp3) is 0.793. The van der Waals surface area contributed by atoms with E-state index in [1.54, 1.807) is 0 Å². The number of aromatic hydroxyl groups is 1. The first-order valence-corrected chi connectivity index (χ1v) is 13.1. The van der Waals surface area contributed by atoms with Crippen molar-refractivity contribution >= 4 is 0 Å². The Morgan fingerprint density at radius 2 is 1.16 bits per heavy atom. The van der Waals surface area contributed by atoms with Crippen molar-refractivity contribution < 1.29 is 9.84 Å². The summed E-state index contributed by atoms with van der Waals surface area (Å²) in [4.78, 5) is 0. The first kappa shape index (κ1) is 27.9. The Morgan fingerprint density at radius 3 is 1.65 bits per heavy atom. The highest BCUT2D eigenvalue weighted by Crippen LogP contribution is 2.38. The molecule has 1 aromatic carbocycles. The minimum atomic E-state index is 0.209. The monoisotopic (exact) mass is 432 g/mol. The topological polar surface area (TPSA) is 29.5 Å². The van der Waals surface area contributed by atoms with E-state index in [1.165, 1.54) is 51.4 Å². The predicted octanol–water partition coefficient (Wildman–Crippen LogP) is 9.09. The SMILES string of the molecule is CCc1c(C)c(O)c(C)c(C)c1OC(C)CCC[C@H](C)CCC[C@H](C)CCCC(C)C. The third-order valence-electron chi connectivity index (χ3n) is 7.19. The van der Waals surface area contributed by atoms with Crippen molar-refractivity contribution in [1.82, 2.24) is 0 Å². The Morgan fingerprint density at radius 1 is 0.677 bits per heavy atom. The number of hydrogen-bond acceptors (Lipinski definition) is 2. The normalized spacial score (nSPS) is 14.6. The zero-order valence-corrected chi connectivity index (χ0v) is 22.2. The van der Waals surface area contributed by atoms with Crippen LogP contribution in [0.5, 0.6) is 11.5 Å². The lowest BCUT2D eigenvalue weighted by atomic mass is 9.91. The largest absolute Gasteiger partial charge is 0.507 e. The van der Waals surface area contributed by atoms with Gasteiger partial charge in [-0.15, -0.1) is 0 Å². The standard InChI is InChI=1S/C29H52O2/c1-10-27-26(9)28(30)24(7)25(8)29(27)31-23(6)19-13-18-22(5)17-12-16-21(4)15-11-14-20(2)3/h20-23,30H,10-19H2,1-9H3/t21-,22-,23?/m1/s1. The van der Waals surface area contributed by atoms with Crippen LogP contribution in [-0.4, -0.2) is 11.2 Å². The molecule has 0 fully saturated rings. The quantitative estimate of drug-likeness (QED) is 0.299. The maximum atomic E-state index is 10.4. The summed E-state index contributed by atoms with van der Waals surface area (Å²) < 4.78 is 6.42. The Balaban J connectivity index is 2.37. The number of rotatable bonds is 15. The second-order valence-corrected chi connectivity index (χ2v) is 10.7. The first-order valence-electron chi connectivity index (χ1n) is 13.1. The van der Waals surface area contributed by atoms with Gasteiger partial charge in [0.25, 0.3) is 0 Å². The van der Waals surface area contributed by atoms with Gasteiger partial charge in [-0.25, -0.2) is 0 Å². The molecule has 31 heavy (non-hydrogen) atoms. The van der Waals surface area contributed by atoms with Crippen LogP contribution in [-0.2, 0) is 6.42 Å². The fourth-order valence-corrected chi connectivity index (χ4v) is 4.75. The van der Waals surface area contributed by atoms with Crippen molar-refractivity contribution in [3.63, 3.8) is 0 Å². The molecule has 1 N–H and O–H groups in total. The van der Waals surface area contributed by atoms with Crippen LogP contribution in [0.15, 0.2) is 0 Å². The summed E-state index contributed by atoms with van der Waals surface area (Å²) in [5, 5.41) is 10.4. The fourth-order valence-electron chi connectivity index (χ4n) is 4.75. The van der Waals surface area contributed by atoms with Crippen LogP contribution in [0.25, 0.3) is 0 Å². The van der Waals surface area contributed by atoms with Gasteiger partial charge < -0.3 is 9.84 Å². The van der Waals surface area contributed by atoms with E-state index >= 15 is 0 Å². The molecule has 0 aliphatic rings. The molecule has 0 amide bonds. The Hall–Kier alpha value is -1.18.